The maximum atomic E-state index is 12.5. The maximum absolute atomic E-state index is 12.5. The van der Waals surface area contributed by atoms with E-state index in [0.717, 1.165) is 4.90 Å². The van der Waals surface area contributed by atoms with Gasteiger partial charge in [-0.1, -0.05) is 12.1 Å². The molecule has 0 saturated carbocycles. The summed E-state index contributed by atoms with van der Waals surface area (Å²) >= 11 is 0. The van der Waals surface area contributed by atoms with Crippen LogP contribution in [0, 0.1) is 0 Å². The standard InChI is InChI=1S/C16H11NO4/c1-21-11-8-6-10(7-9-11)15(19)17-13-5-3-2-4-12(13)14(18)16(17)20/h2-9H,1H3. The second kappa shape index (κ2) is 4.86. The van der Waals surface area contributed by atoms with Gasteiger partial charge in [-0.25, -0.2) is 4.90 Å². The van der Waals surface area contributed by atoms with Crippen molar-refractivity contribution in [2.45, 2.75) is 0 Å². The zero-order valence-corrected chi connectivity index (χ0v) is 11.2. The highest BCUT2D eigenvalue weighted by Gasteiger charge is 2.39. The van der Waals surface area contributed by atoms with Gasteiger partial charge >= 0.3 is 5.91 Å². The molecule has 21 heavy (non-hydrogen) atoms. The molecule has 0 bridgehead atoms. The third-order valence-electron chi connectivity index (χ3n) is 3.33. The summed E-state index contributed by atoms with van der Waals surface area (Å²) in [6, 6.07) is 12.8. The van der Waals surface area contributed by atoms with E-state index >= 15 is 0 Å². The molecule has 0 radical (unpaired) electrons. The maximum Gasteiger partial charge on any atom is 0.306 e. The Morgan fingerprint density at radius 3 is 2.33 bits per heavy atom. The highest BCUT2D eigenvalue weighted by Crippen LogP contribution is 2.30. The minimum Gasteiger partial charge on any atom is -0.497 e. The van der Waals surface area contributed by atoms with Crippen molar-refractivity contribution in [3.8, 4) is 5.75 Å². The van der Waals surface area contributed by atoms with E-state index in [9.17, 15) is 14.4 Å². The Balaban J connectivity index is 2.01. The van der Waals surface area contributed by atoms with Crippen LogP contribution in [-0.4, -0.2) is 24.7 Å². The molecular weight excluding hydrogens is 270 g/mol. The molecule has 2 aromatic carbocycles. The number of benzene rings is 2. The summed E-state index contributed by atoms with van der Waals surface area (Å²) in [6.07, 6.45) is 0. The lowest BCUT2D eigenvalue weighted by Crippen LogP contribution is -2.35. The second-order valence-electron chi connectivity index (χ2n) is 4.52. The molecule has 0 unspecified atom stereocenters. The zero-order valence-electron chi connectivity index (χ0n) is 11.2. The van der Waals surface area contributed by atoms with Crippen molar-refractivity contribution in [1.82, 2.24) is 0 Å². The van der Waals surface area contributed by atoms with Crippen LogP contribution < -0.4 is 9.64 Å². The Morgan fingerprint density at radius 1 is 1.00 bits per heavy atom. The summed E-state index contributed by atoms with van der Waals surface area (Å²) in [4.78, 5) is 37.3. The number of carbonyl (C=O) groups is 3. The highest BCUT2D eigenvalue weighted by atomic mass is 16.5. The Kier molecular flexibility index (Phi) is 3.02. The fourth-order valence-electron chi connectivity index (χ4n) is 2.25. The summed E-state index contributed by atoms with van der Waals surface area (Å²) in [6.45, 7) is 0. The molecule has 2 amide bonds. The number of hydrogen-bond donors (Lipinski definition) is 0. The van der Waals surface area contributed by atoms with Crippen molar-refractivity contribution in [1.29, 1.82) is 0 Å². The third kappa shape index (κ3) is 1.99. The average molecular weight is 281 g/mol. The molecule has 1 aliphatic rings. The van der Waals surface area contributed by atoms with Gasteiger partial charge in [0.1, 0.15) is 5.75 Å². The molecule has 1 heterocycles. The molecule has 0 aliphatic carbocycles. The predicted octanol–water partition coefficient (Wildman–Crippen LogP) is 2.06. The summed E-state index contributed by atoms with van der Waals surface area (Å²) in [7, 11) is 1.52. The monoisotopic (exact) mass is 281 g/mol. The van der Waals surface area contributed by atoms with E-state index < -0.39 is 17.6 Å². The van der Waals surface area contributed by atoms with Crippen LogP contribution in [0.4, 0.5) is 5.69 Å². The van der Waals surface area contributed by atoms with Crippen molar-refractivity contribution in [3.63, 3.8) is 0 Å². The van der Waals surface area contributed by atoms with Crippen LogP contribution in [-0.2, 0) is 4.79 Å². The Bertz CT molecular complexity index is 749. The van der Waals surface area contributed by atoms with Crippen molar-refractivity contribution < 1.29 is 19.1 Å². The average Bonchev–Trinajstić information content (AvgIpc) is 2.79. The first kappa shape index (κ1) is 13.1. The number of carbonyl (C=O) groups excluding carboxylic acids is 3. The first-order valence-electron chi connectivity index (χ1n) is 6.29. The number of anilines is 1. The molecule has 104 valence electrons. The molecule has 0 fully saturated rings. The molecular formula is C16H11NO4. The molecule has 0 spiro atoms. The van der Waals surface area contributed by atoms with Gasteiger partial charge in [-0.05, 0) is 36.4 Å². The van der Waals surface area contributed by atoms with Gasteiger partial charge in [0.15, 0.2) is 0 Å². The van der Waals surface area contributed by atoms with E-state index in [1.54, 1.807) is 42.5 Å². The number of methoxy groups -OCH3 is 1. The number of Topliss-reactive ketones (excluding diaryl/α,β-unsaturated/α-hetero) is 1. The van der Waals surface area contributed by atoms with Gasteiger partial charge in [0, 0.05) is 5.56 Å². The molecule has 0 saturated heterocycles. The number of ether oxygens (including phenoxy) is 1. The molecule has 1 aliphatic heterocycles. The van der Waals surface area contributed by atoms with Crippen LogP contribution in [0.15, 0.2) is 48.5 Å². The van der Waals surface area contributed by atoms with Crippen molar-refractivity contribution in [2.75, 3.05) is 12.0 Å². The normalized spacial score (nSPS) is 13.3. The Morgan fingerprint density at radius 2 is 1.67 bits per heavy atom. The molecule has 0 N–H and O–H groups in total. The Hall–Kier alpha value is -2.95. The number of nitrogens with zero attached hydrogens (tertiary/aromatic N) is 1. The molecule has 0 atom stereocenters. The SMILES string of the molecule is COc1ccc(C(=O)N2C(=O)C(=O)c3ccccc32)cc1. The van der Waals surface area contributed by atoms with E-state index in [1.165, 1.54) is 13.2 Å². The fourth-order valence-corrected chi connectivity index (χ4v) is 2.25. The lowest BCUT2D eigenvalue weighted by atomic mass is 10.1. The molecule has 3 rings (SSSR count). The summed E-state index contributed by atoms with van der Waals surface area (Å²) in [5.74, 6) is -1.40. The summed E-state index contributed by atoms with van der Waals surface area (Å²) in [5.41, 5.74) is 0.895. The van der Waals surface area contributed by atoms with Crippen molar-refractivity contribution in [3.05, 3.63) is 59.7 Å². The third-order valence-corrected chi connectivity index (χ3v) is 3.33. The summed E-state index contributed by atoms with van der Waals surface area (Å²) < 4.78 is 5.02. The van der Waals surface area contributed by atoms with Crippen LogP contribution in [0.25, 0.3) is 0 Å². The minimum atomic E-state index is -0.822. The van der Waals surface area contributed by atoms with E-state index in [2.05, 4.69) is 0 Å². The number of amides is 2. The van der Waals surface area contributed by atoms with Gasteiger partial charge in [-0.2, -0.15) is 0 Å². The molecule has 5 heteroatoms. The number of imide groups is 1. The van der Waals surface area contributed by atoms with Gasteiger partial charge < -0.3 is 4.74 Å². The first-order chi connectivity index (χ1) is 10.1. The summed E-state index contributed by atoms with van der Waals surface area (Å²) in [5, 5.41) is 0. The number of hydrogen-bond acceptors (Lipinski definition) is 4. The van der Waals surface area contributed by atoms with E-state index in [0.29, 0.717) is 17.0 Å². The minimum absolute atomic E-state index is 0.254. The quantitative estimate of drug-likeness (QED) is 0.624. The lowest BCUT2D eigenvalue weighted by molar-refractivity contribution is -0.113. The number of ketones is 1. The van der Waals surface area contributed by atoms with Crippen LogP contribution in [0.3, 0.4) is 0 Å². The van der Waals surface area contributed by atoms with Crippen LogP contribution in [0.2, 0.25) is 0 Å². The van der Waals surface area contributed by atoms with Gasteiger partial charge in [0.2, 0.25) is 0 Å². The zero-order chi connectivity index (χ0) is 15.0. The van der Waals surface area contributed by atoms with Crippen LogP contribution >= 0.6 is 0 Å². The molecule has 5 nitrogen and oxygen atoms in total. The smallest absolute Gasteiger partial charge is 0.306 e. The van der Waals surface area contributed by atoms with Crippen LogP contribution in [0.1, 0.15) is 20.7 Å². The highest BCUT2D eigenvalue weighted by molar-refractivity contribution is 6.57. The number of fused-ring (bicyclic) bond motifs is 1. The van der Waals surface area contributed by atoms with Crippen LogP contribution in [0.5, 0.6) is 5.75 Å². The number of rotatable bonds is 2. The van der Waals surface area contributed by atoms with Gasteiger partial charge in [0.05, 0.1) is 18.4 Å². The predicted molar refractivity (Wildman–Crippen MR) is 75.6 cm³/mol. The number of para-hydroxylation sites is 1. The Labute approximate surface area is 120 Å². The van der Waals surface area contributed by atoms with Gasteiger partial charge in [-0.3, -0.25) is 14.4 Å². The van der Waals surface area contributed by atoms with Gasteiger partial charge in [-0.15, -0.1) is 0 Å². The first-order valence-corrected chi connectivity index (χ1v) is 6.29. The van der Waals surface area contributed by atoms with E-state index in [4.69, 9.17) is 4.74 Å². The largest absolute Gasteiger partial charge is 0.497 e. The topological polar surface area (TPSA) is 63.7 Å². The van der Waals surface area contributed by atoms with Crippen molar-refractivity contribution in [2.24, 2.45) is 0 Å². The molecule has 2 aromatic rings. The van der Waals surface area contributed by atoms with Gasteiger partial charge in [0.25, 0.3) is 11.7 Å². The lowest BCUT2D eigenvalue weighted by Gasteiger charge is -2.14. The van der Waals surface area contributed by atoms with E-state index in [1.807, 2.05) is 0 Å². The molecule has 0 aromatic heterocycles. The van der Waals surface area contributed by atoms with E-state index in [-0.39, 0.29) is 5.56 Å². The fraction of sp³-hybridized carbons (Fsp3) is 0.0625. The second-order valence-corrected chi connectivity index (χ2v) is 4.52. The van der Waals surface area contributed by atoms with Crippen molar-refractivity contribution >= 4 is 23.3 Å².